The molecule has 0 aromatic carbocycles. The number of nitrogens with one attached hydrogen (secondary N) is 1. The number of aromatic nitrogens is 1. The number of ether oxygens (including phenoxy) is 2. The van der Waals surface area contributed by atoms with Gasteiger partial charge in [0.25, 0.3) is 0 Å². The van der Waals surface area contributed by atoms with Gasteiger partial charge in [-0.15, -0.1) is 0 Å². The summed E-state index contributed by atoms with van der Waals surface area (Å²) in [5.74, 6) is 1.33. The summed E-state index contributed by atoms with van der Waals surface area (Å²) in [5.41, 5.74) is 1.19. The molecule has 2 heterocycles. The molecule has 1 N–H and O–H groups in total. The fourth-order valence-electron chi connectivity index (χ4n) is 2.52. The molecule has 1 saturated heterocycles. The molecule has 1 fully saturated rings. The Morgan fingerprint density at radius 3 is 3.11 bits per heavy atom. The molecular formula is C14H22N2O2. The van der Waals surface area contributed by atoms with Gasteiger partial charge in [-0.25, -0.2) is 0 Å². The molecule has 1 aliphatic rings. The Hall–Kier alpha value is -1.13. The third kappa shape index (κ3) is 3.21. The molecule has 18 heavy (non-hydrogen) atoms. The van der Waals surface area contributed by atoms with Gasteiger partial charge < -0.3 is 14.8 Å². The first-order valence-electron chi connectivity index (χ1n) is 6.65. The Kier molecular flexibility index (Phi) is 4.96. The molecule has 1 aliphatic heterocycles. The van der Waals surface area contributed by atoms with E-state index in [0.717, 1.165) is 31.9 Å². The van der Waals surface area contributed by atoms with Crippen molar-refractivity contribution in [3.8, 4) is 5.75 Å². The number of nitrogens with zero attached hydrogens (tertiary/aromatic N) is 1. The maximum atomic E-state index is 5.60. The first-order chi connectivity index (χ1) is 8.85. The van der Waals surface area contributed by atoms with Crippen LogP contribution in [0.5, 0.6) is 5.75 Å². The molecule has 0 radical (unpaired) electrons. The molecule has 2 unspecified atom stereocenters. The van der Waals surface area contributed by atoms with Crippen molar-refractivity contribution in [3.63, 3.8) is 0 Å². The van der Waals surface area contributed by atoms with Crippen LogP contribution in [-0.2, 0) is 4.74 Å². The number of hydrogen-bond donors (Lipinski definition) is 1. The molecule has 4 nitrogen and oxygen atoms in total. The van der Waals surface area contributed by atoms with E-state index in [0.29, 0.717) is 12.0 Å². The quantitative estimate of drug-likeness (QED) is 0.869. The number of pyridine rings is 1. The Morgan fingerprint density at radius 1 is 1.56 bits per heavy atom. The van der Waals surface area contributed by atoms with E-state index >= 15 is 0 Å². The van der Waals surface area contributed by atoms with Crippen LogP contribution in [0.4, 0.5) is 0 Å². The van der Waals surface area contributed by atoms with Crippen molar-refractivity contribution in [2.75, 3.05) is 26.9 Å². The van der Waals surface area contributed by atoms with Gasteiger partial charge >= 0.3 is 0 Å². The van der Waals surface area contributed by atoms with Crippen molar-refractivity contribution < 1.29 is 9.47 Å². The number of methoxy groups -OCH3 is 1. The molecule has 1 aromatic heterocycles. The summed E-state index contributed by atoms with van der Waals surface area (Å²) in [6, 6.07) is 2.37. The van der Waals surface area contributed by atoms with Crippen molar-refractivity contribution in [2.45, 2.75) is 25.8 Å². The minimum Gasteiger partial charge on any atom is -0.495 e. The summed E-state index contributed by atoms with van der Waals surface area (Å²) in [4.78, 5) is 4.25. The van der Waals surface area contributed by atoms with Gasteiger partial charge in [0.2, 0.25) is 0 Å². The van der Waals surface area contributed by atoms with Crippen LogP contribution in [0.1, 0.15) is 31.4 Å². The standard InChI is InChI=1S/C14H22N2O2/c1-3-16-14(11-5-4-6-18-10-11)12-7-13(17-2)9-15-8-12/h7-9,11,14,16H,3-6,10H2,1-2H3. The zero-order valence-electron chi connectivity index (χ0n) is 11.2. The second-order valence-corrected chi connectivity index (χ2v) is 4.67. The molecule has 0 aliphatic carbocycles. The maximum absolute atomic E-state index is 5.60. The van der Waals surface area contributed by atoms with Crippen LogP contribution in [0.3, 0.4) is 0 Å². The van der Waals surface area contributed by atoms with Gasteiger partial charge in [0.1, 0.15) is 5.75 Å². The predicted molar refractivity (Wildman–Crippen MR) is 70.7 cm³/mol. The van der Waals surface area contributed by atoms with Crippen LogP contribution in [-0.4, -0.2) is 31.9 Å². The smallest absolute Gasteiger partial charge is 0.137 e. The van der Waals surface area contributed by atoms with Crippen molar-refractivity contribution in [3.05, 3.63) is 24.0 Å². The number of rotatable bonds is 5. The molecular weight excluding hydrogens is 228 g/mol. The summed E-state index contributed by atoms with van der Waals surface area (Å²) < 4.78 is 10.8. The van der Waals surface area contributed by atoms with Crippen molar-refractivity contribution in [2.24, 2.45) is 5.92 Å². The molecule has 0 spiro atoms. The van der Waals surface area contributed by atoms with Gasteiger partial charge in [0.05, 0.1) is 19.9 Å². The molecule has 2 rings (SSSR count). The average molecular weight is 250 g/mol. The van der Waals surface area contributed by atoms with Crippen LogP contribution in [0.25, 0.3) is 0 Å². The van der Waals surface area contributed by atoms with E-state index in [4.69, 9.17) is 9.47 Å². The van der Waals surface area contributed by atoms with E-state index in [1.54, 1.807) is 13.3 Å². The first kappa shape index (κ1) is 13.3. The molecule has 4 heteroatoms. The molecule has 0 saturated carbocycles. The third-order valence-electron chi connectivity index (χ3n) is 3.42. The normalized spacial score (nSPS) is 21.6. The number of hydrogen-bond acceptors (Lipinski definition) is 4. The van der Waals surface area contributed by atoms with E-state index < -0.39 is 0 Å². The second-order valence-electron chi connectivity index (χ2n) is 4.67. The molecule has 0 amide bonds. The van der Waals surface area contributed by atoms with Crippen LogP contribution >= 0.6 is 0 Å². The second kappa shape index (κ2) is 6.71. The summed E-state index contributed by atoms with van der Waals surface area (Å²) >= 11 is 0. The van der Waals surface area contributed by atoms with Crippen molar-refractivity contribution in [1.29, 1.82) is 0 Å². The molecule has 2 atom stereocenters. The third-order valence-corrected chi connectivity index (χ3v) is 3.42. The largest absolute Gasteiger partial charge is 0.495 e. The zero-order valence-corrected chi connectivity index (χ0v) is 11.2. The monoisotopic (exact) mass is 250 g/mol. The van der Waals surface area contributed by atoms with Crippen LogP contribution in [0, 0.1) is 5.92 Å². The van der Waals surface area contributed by atoms with E-state index in [9.17, 15) is 0 Å². The Balaban J connectivity index is 2.16. The van der Waals surface area contributed by atoms with E-state index in [2.05, 4.69) is 23.3 Å². The lowest BCUT2D eigenvalue weighted by Crippen LogP contribution is -2.33. The van der Waals surface area contributed by atoms with Crippen LogP contribution in [0.15, 0.2) is 18.5 Å². The minimum absolute atomic E-state index is 0.304. The lowest BCUT2D eigenvalue weighted by molar-refractivity contribution is 0.0392. The Morgan fingerprint density at radius 2 is 2.44 bits per heavy atom. The van der Waals surface area contributed by atoms with Crippen molar-refractivity contribution in [1.82, 2.24) is 10.3 Å². The lowest BCUT2D eigenvalue weighted by Gasteiger charge is -2.31. The van der Waals surface area contributed by atoms with Gasteiger partial charge in [0, 0.05) is 24.8 Å². The van der Waals surface area contributed by atoms with Gasteiger partial charge in [-0.3, -0.25) is 4.98 Å². The molecule has 100 valence electrons. The van der Waals surface area contributed by atoms with Crippen LogP contribution < -0.4 is 10.1 Å². The highest BCUT2D eigenvalue weighted by atomic mass is 16.5. The fourth-order valence-corrected chi connectivity index (χ4v) is 2.52. The topological polar surface area (TPSA) is 43.4 Å². The molecule has 1 aromatic rings. The SMILES string of the molecule is CCNC(c1cncc(OC)c1)C1CCCOC1. The maximum Gasteiger partial charge on any atom is 0.137 e. The highest BCUT2D eigenvalue weighted by Gasteiger charge is 2.25. The van der Waals surface area contributed by atoms with Crippen LogP contribution in [0.2, 0.25) is 0 Å². The fraction of sp³-hybridized carbons (Fsp3) is 0.643. The average Bonchev–Trinajstić information content (AvgIpc) is 2.46. The predicted octanol–water partition coefficient (Wildman–Crippen LogP) is 2.17. The summed E-state index contributed by atoms with van der Waals surface area (Å²) in [6.45, 7) is 4.79. The Bertz CT molecular complexity index is 365. The Labute approximate surface area is 109 Å². The zero-order chi connectivity index (χ0) is 12.8. The highest BCUT2D eigenvalue weighted by Crippen LogP contribution is 2.29. The van der Waals surface area contributed by atoms with Gasteiger partial charge in [-0.1, -0.05) is 6.92 Å². The van der Waals surface area contributed by atoms with Gasteiger partial charge in [-0.05, 0) is 31.0 Å². The van der Waals surface area contributed by atoms with E-state index in [1.807, 2.05) is 6.20 Å². The summed E-state index contributed by atoms with van der Waals surface area (Å²) in [7, 11) is 1.67. The van der Waals surface area contributed by atoms with E-state index in [-0.39, 0.29) is 0 Å². The van der Waals surface area contributed by atoms with Gasteiger partial charge in [0.15, 0.2) is 0 Å². The summed E-state index contributed by atoms with van der Waals surface area (Å²) in [5, 5.41) is 3.54. The van der Waals surface area contributed by atoms with Crippen molar-refractivity contribution >= 4 is 0 Å². The minimum atomic E-state index is 0.304. The lowest BCUT2D eigenvalue weighted by atomic mass is 9.89. The molecule has 0 bridgehead atoms. The van der Waals surface area contributed by atoms with E-state index in [1.165, 1.54) is 12.0 Å². The highest BCUT2D eigenvalue weighted by molar-refractivity contribution is 5.26. The van der Waals surface area contributed by atoms with Gasteiger partial charge in [-0.2, -0.15) is 0 Å². The first-order valence-corrected chi connectivity index (χ1v) is 6.65. The summed E-state index contributed by atoms with van der Waals surface area (Å²) in [6.07, 6.45) is 6.01.